The van der Waals surface area contributed by atoms with Crippen LogP contribution in [0, 0.1) is 0 Å². The average Bonchev–Trinajstić information content (AvgIpc) is 3.20. The van der Waals surface area contributed by atoms with E-state index >= 15 is 0 Å². The quantitative estimate of drug-likeness (QED) is 0.598. The van der Waals surface area contributed by atoms with Crippen molar-refractivity contribution in [2.45, 2.75) is 24.2 Å². The number of nitrogens with one attached hydrogen (secondary N) is 1. The molecule has 2 aromatic rings. The van der Waals surface area contributed by atoms with Gasteiger partial charge in [-0.1, -0.05) is 6.07 Å². The maximum Gasteiger partial charge on any atom is 0.264 e. The zero-order valence-electron chi connectivity index (χ0n) is 17.7. The molecule has 3 rings (SSSR count). The summed E-state index contributed by atoms with van der Waals surface area (Å²) in [6.45, 7) is 1.79. The largest absolute Gasteiger partial charge is 0.497 e. The summed E-state index contributed by atoms with van der Waals surface area (Å²) in [7, 11) is -0.840. The molecule has 0 aromatic heterocycles. The first kappa shape index (κ1) is 22.6. The van der Waals surface area contributed by atoms with Crippen molar-refractivity contribution in [3.05, 3.63) is 54.1 Å². The Hall–Kier alpha value is -3.07. The fourth-order valence-electron chi connectivity index (χ4n) is 3.40. The first-order valence-electron chi connectivity index (χ1n) is 10.1. The van der Waals surface area contributed by atoms with Gasteiger partial charge in [0.25, 0.3) is 15.9 Å². The van der Waals surface area contributed by atoms with Gasteiger partial charge in [-0.3, -0.25) is 13.9 Å². The zero-order valence-corrected chi connectivity index (χ0v) is 18.5. The predicted octanol–water partition coefficient (Wildman–Crippen LogP) is 2.26. The molecule has 9 heteroatoms. The minimum Gasteiger partial charge on any atom is -0.497 e. The monoisotopic (exact) mass is 445 g/mol. The highest BCUT2D eigenvalue weighted by Gasteiger charge is 2.23. The van der Waals surface area contributed by atoms with Crippen LogP contribution >= 0.6 is 0 Å². The molecule has 1 N–H and O–H groups in total. The number of rotatable bonds is 9. The molecule has 166 valence electrons. The molecule has 1 aliphatic heterocycles. The number of ether oxygens (including phenoxy) is 1. The van der Waals surface area contributed by atoms with Gasteiger partial charge in [0.1, 0.15) is 5.75 Å². The predicted molar refractivity (Wildman–Crippen MR) is 118 cm³/mol. The topological polar surface area (TPSA) is 96.0 Å². The lowest BCUT2D eigenvalue weighted by Crippen LogP contribution is -2.31. The van der Waals surface area contributed by atoms with Crippen LogP contribution in [0.5, 0.6) is 5.75 Å². The molecule has 0 saturated carbocycles. The standard InChI is InChI=1S/C22H27N3O5S/c1-24(18-9-11-19(30-2)12-10-18)31(28,29)20-7-3-6-17(16-20)22(27)23-13-5-15-25-14-4-8-21(25)26/h3,6-7,9-12,16H,4-5,8,13-15H2,1-2H3,(H,23,27). The van der Waals surface area contributed by atoms with E-state index in [1.807, 2.05) is 0 Å². The molecule has 1 heterocycles. The van der Waals surface area contributed by atoms with Crippen molar-refractivity contribution in [2.24, 2.45) is 0 Å². The van der Waals surface area contributed by atoms with Gasteiger partial charge in [0, 0.05) is 38.7 Å². The maximum atomic E-state index is 13.0. The van der Waals surface area contributed by atoms with E-state index in [9.17, 15) is 18.0 Å². The number of carbonyl (C=O) groups excluding carboxylic acids is 2. The molecule has 0 atom stereocenters. The van der Waals surface area contributed by atoms with Gasteiger partial charge in [0.2, 0.25) is 5.91 Å². The first-order valence-corrected chi connectivity index (χ1v) is 11.6. The summed E-state index contributed by atoms with van der Waals surface area (Å²) in [5.41, 5.74) is 0.744. The maximum absolute atomic E-state index is 13.0. The highest BCUT2D eigenvalue weighted by Crippen LogP contribution is 2.24. The van der Waals surface area contributed by atoms with E-state index in [0.717, 1.165) is 17.3 Å². The van der Waals surface area contributed by atoms with E-state index in [1.54, 1.807) is 41.3 Å². The van der Waals surface area contributed by atoms with E-state index in [2.05, 4.69) is 5.32 Å². The molecule has 2 amide bonds. The molecular weight excluding hydrogens is 418 g/mol. The summed E-state index contributed by atoms with van der Waals surface area (Å²) < 4.78 is 32.3. The van der Waals surface area contributed by atoms with Gasteiger partial charge >= 0.3 is 0 Å². The highest BCUT2D eigenvalue weighted by atomic mass is 32.2. The van der Waals surface area contributed by atoms with Crippen LogP contribution in [-0.4, -0.2) is 58.9 Å². The lowest BCUT2D eigenvalue weighted by Gasteiger charge is -2.20. The summed E-state index contributed by atoms with van der Waals surface area (Å²) >= 11 is 0. The summed E-state index contributed by atoms with van der Waals surface area (Å²) in [4.78, 5) is 25.9. The lowest BCUT2D eigenvalue weighted by molar-refractivity contribution is -0.127. The Balaban J connectivity index is 1.63. The van der Waals surface area contributed by atoms with Gasteiger partial charge in [-0.15, -0.1) is 0 Å². The fraction of sp³-hybridized carbons (Fsp3) is 0.364. The molecule has 1 aliphatic rings. The van der Waals surface area contributed by atoms with Crippen molar-refractivity contribution in [3.63, 3.8) is 0 Å². The second kappa shape index (κ2) is 9.82. The van der Waals surface area contributed by atoms with Crippen LogP contribution < -0.4 is 14.4 Å². The van der Waals surface area contributed by atoms with Crippen LogP contribution in [0.25, 0.3) is 0 Å². The number of hydrogen-bond acceptors (Lipinski definition) is 5. The minimum absolute atomic E-state index is 0.0288. The van der Waals surface area contributed by atoms with Gasteiger partial charge in [0.05, 0.1) is 17.7 Å². The molecular formula is C22H27N3O5S. The number of sulfonamides is 1. The van der Waals surface area contributed by atoms with E-state index in [4.69, 9.17) is 4.74 Å². The van der Waals surface area contributed by atoms with Crippen LogP contribution in [0.1, 0.15) is 29.6 Å². The fourth-order valence-corrected chi connectivity index (χ4v) is 4.64. The van der Waals surface area contributed by atoms with Gasteiger partial charge in [-0.25, -0.2) is 8.42 Å². The van der Waals surface area contributed by atoms with Crippen molar-refractivity contribution in [1.82, 2.24) is 10.2 Å². The summed E-state index contributed by atoms with van der Waals surface area (Å²) in [6, 6.07) is 12.6. The van der Waals surface area contributed by atoms with Gasteiger partial charge in [0.15, 0.2) is 0 Å². The van der Waals surface area contributed by atoms with Gasteiger partial charge in [-0.2, -0.15) is 0 Å². The normalized spacial score (nSPS) is 13.9. The van der Waals surface area contributed by atoms with Crippen LogP contribution in [0.15, 0.2) is 53.4 Å². The van der Waals surface area contributed by atoms with Gasteiger partial charge < -0.3 is 15.0 Å². The Bertz CT molecular complexity index is 1040. The number of amides is 2. The number of carbonyl (C=O) groups is 2. The number of anilines is 1. The van der Waals surface area contributed by atoms with Crippen molar-refractivity contribution >= 4 is 27.5 Å². The third kappa shape index (κ3) is 5.35. The third-order valence-electron chi connectivity index (χ3n) is 5.25. The number of nitrogens with zero attached hydrogens (tertiary/aromatic N) is 2. The summed E-state index contributed by atoms with van der Waals surface area (Å²) in [5, 5.41) is 2.79. The van der Waals surface area contributed by atoms with Crippen molar-refractivity contribution in [1.29, 1.82) is 0 Å². The Labute approximate surface area is 182 Å². The Morgan fingerprint density at radius 1 is 1.19 bits per heavy atom. The van der Waals surface area contributed by atoms with Crippen LogP contribution in [-0.2, 0) is 14.8 Å². The Kier molecular flexibility index (Phi) is 7.17. The van der Waals surface area contributed by atoms with Crippen LogP contribution in [0.2, 0.25) is 0 Å². The summed E-state index contributed by atoms with van der Waals surface area (Å²) in [5.74, 6) is 0.435. The molecule has 0 radical (unpaired) electrons. The van der Waals surface area contributed by atoms with Crippen molar-refractivity contribution in [3.8, 4) is 5.75 Å². The lowest BCUT2D eigenvalue weighted by atomic mass is 10.2. The molecule has 0 unspecified atom stereocenters. The van der Waals surface area contributed by atoms with Crippen molar-refractivity contribution < 1.29 is 22.7 Å². The molecule has 1 saturated heterocycles. The number of methoxy groups -OCH3 is 1. The number of likely N-dealkylation sites (tertiary alicyclic amines) is 1. The van der Waals surface area contributed by atoms with Crippen LogP contribution in [0.4, 0.5) is 5.69 Å². The molecule has 8 nitrogen and oxygen atoms in total. The molecule has 1 fully saturated rings. The number of hydrogen-bond donors (Lipinski definition) is 1. The summed E-state index contributed by atoms with van der Waals surface area (Å²) in [6.07, 6.45) is 2.13. The molecule has 0 spiro atoms. The Morgan fingerprint density at radius 2 is 1.94 bits per heavy atom. The molecule has 31 heavy (non-hydrogen) atoms. The SMILES string of the molecule is COc1ccc(N(C)S(=O)(=O)c2cccc(C(=O)NCCCN3CCCC3=O)c2)cc1. The highest BCUT2D eigenvalue weighted by molar-refractivity contribution is 7.92. The Morgan fingerprint density at radius 3 is 2.58 bits per heavy atom. The second-order valence-electron chi connectivity index (χ2n) is 7.29. The second-order valence-corrected chi connectivity index (χ2v) is 9.26. The number of benzene rings is 2. The van der Waals surface area contributed by atoms with Gasteiger partial charge in [-0.05, 0) is 55.3 Å². The first-order chi connectivity index (χ1) is 14.8. The third-order valence-corrected chi connectivity index (χ3v) is 7.03. The smallest absolute Gasteiger partial charge is 0.264 e. The molecule has 0 aliphatic carbocycles. The minimum atomic E-state index is -3.84. The zero-order chi connectivity index (χ0) is 22.4. The van der Waals surface area contributed by atoms with Crippen molar-refractivity contribution in [2.75, 3.05) is 38.1 Å². The van der Waals surface area contributed by atoms with E-state index < -0.39 is 10.0 Å². The molecule has 2 aromatic carbocycles. The van der Waals surface area contributed by atoms with E-state index in [0.29, 0.717) is 37.4 Å². The van der Waals surface area contributed by atoms with E-state index in [1.165, 1.54) is 26.3 Å². The van der Waals surface area contributed by atoms with Crippen LogP contribution in [0.3, 0.4) is 0 Å². The van der Waals surface area contributed by atoms with E-state index in [-0.39, 0.29) is 22.3 Å². The average molecular weight is 446 g/mol. The molecule has 0 bridgehead atoms.